The second-order valence-electron chi connectivity index (χ2n) is 13.0. The number of piperidine rings is 1. The van der Waals surface area contributed by atoms with Crippen LogP contribution in [-0.4, -0.2) is 35.2 Å². The van der Waals surface area contributed by atoms with Crippen LogP contribution in [0.5, 0.6) is 0 Å². The molecule has 33 heavy (non-hydrogen) atoms. The number of rotatable bonds is 0. The fourth-order valence-electron chi connectivity index (χ4n) is 9.30. The van der Waals surface area contributed by atoms with Crippen LogP contribution in [0.4, 0.5) is 0 Å². The molecule has 0 aromatic carbocycles. The molecule has 5 N–H and O–H groups in total. The highest BCUT2D eigenvalue weighted by molar-refractivity contribution is 5.91. The summed E-state index contributed by atoms with van der Waals surface area (Å²) in [4.78, 5) is 12.2. The minimum absolute atomic E-state index is 0.0749. The van der Waals surface area contributed by atoms with E-state index in [-0.39, 0.29) is 28.6 Å². The van der Waals surface area contributed by atoms with Crippen LogP contribution in [0.25, 0.3) is 0 Å². The highest BCUT2D eigenvalue weighted by Gasteiger charge is 2.65. The maximum absolute atomic E-state index is 12.2. The zero-order valence-electron chi connectivity index (χ0n) is 21.0. The van der Waals surface area contributed by atoms with Crippen molar-refractivity contribution in [2.75, 3.05) is 6.54 Å². The van der Waals surface area contributed by atoms with Crippen LogP contribution in [-0.2, 0) is 9.53 Å². The zero-order valence-corrected chi connectivity index (χ0v) is 21.0. The third kappa shape index (κ3) is 2.89. The lowest BCUT2D eigenvalue weighted by Crippen LogP contribution is -2.67. The van der Waals surface area contributed by atoms with Crippen molar-refractivity contribution in [3.05, 3.63) is 22.8 Å². The summed E-state index contributed by atoms with van der Waals surface area (Å²) in [5.41, 5.74) is 18.2. The Labute approximate surface area is 199 Å². The average Bonchev–Trinajstić information content (AvgIpc) is 3.12. The Kier molecular flexibility index (Phi) is 4.78. The van der Waals surface area contributed by atoms with Crippen LogP contribution >= 0.6 is 0 Å². The van der Waals surface area contributed by atoms with Crippen LogP contribution in [0.15, 0.2) is 22.8 Å². The first-order valence-electron chi connectivity index (χ1n) is 13.4. The molecule has 0 bridgehead atoms. The number of hydrogen-bond acceptors (Lipinski definition) is 5. The second-order valence-corrected chi connectivity index (χ2v) is 13.0. The molecule has 9 atom stereocenters. The Morgan fingerprint density at radius 1 is 1.15 bits per heavy atom. The van der Waals surface area contributed by atoms with Gasteiger partial charge in [-0.15, -0.1) is 0 Å². The molecule has 5 nitrogen and oxygen atoms in total. The summed E-state index contributed by atoms with van der Waals surface area (Å²) in [6.07, 6.45) is 10.9. The lowest BCUT2D eigenvalue weighted by Gasteiger charge is -2.53. The first kappa shape index (κ1) is 22.5. The zero-order chi connectivity index (χ0) is 23.4. The molecule has 6 aliphatic rings. The van der Waals surface area contributed by atoms with Gasteiger partial charge in [0, 0.05) is 17.9 Å². The molecule has 1 unspecified atom stereocenters. The summed E-state index contributed by atoms with van der Waals surface area (Å²) in [6.45, 7) is 10.3. The van der Waals surface area contributed by atoms with E-state index in [1.165, 1.54) is 11.1 Å². The van der Waals surface area contributed by atoms with E-state index in [1.54, 1.807) is 5.57 Å². The molecule has 2 aliphatic heterocycles. The number of carbonyl (C=O) groups is 1. The van der Waals surface area contributed by atoms with Crippen LogP contribution in [0.3, 0.4) is 0 Å². The first-order chi connectivity index (χ1) is 15.5. The van der Waals surface area contributed by atoms with Gasteiger partial charge in [0.1, 0.15) is 0 Å². The Balaban J connectivity index is 1.35. The molecule has 4 aliphatic carbocycles. The predicted molar refractivity (Wildman–Crippen MR) is 130 cm³/mol. The van der Waals surface area contributed by atoms with Gasteiger partial charge in [0.2, 0.25) is 0 Å². The van der Waals surface area contributed by atoms with Crippen molar-refractivity contribution >= 4 is 5.78 Å². The Morgan fingerprint density at radius 3 is 2.73 bits per heavy atom. The largest absolute Gasteiger partial charge is 0.368 e. The number of nitrogens with one attached hydrogen (secondary N) is 1. The van der Waals surface area contributed by atoms with Crippen molar-refractivity contribution in [3.8, 4) is 0 Å². The summed E-state index contributed by atoms with van der Waals surface area (Å²) in [5.74, 6) is 2.04. The molecule has 2 heterocycles. The average molecular weight is 454 g/mol. The molecule has 0 amide bonds. The second kappa shape index (κ2) is 7.02. The topological polar surface area (TPSA) is 90.4 Å². The standard InChI is InChI=1S/C28H43N3O2/c1-16-11-24-28(30,31-15-16)18(3)26(33-24)9-7-22-21(17(2)14-26)13-23-25(4)8-6-20(32)12-19(25)5-10-27(22,23)29/h12,16,18,22-24,31H,5-11,13-15,29-30H2,1-4H3/t16-,18-,22+,23+,24+,25-,26?,27+,28-/m0/s1. The van der Waals surface area contributed by atoms with Crippen LogP contribution in [0, 0.1) is 29.1 Å². The number of carbonyl (C=O) groups excluding carboxylic acids is 1. The number of ether oxygens (including phenoxy) is 1. The number of allylic oxidation sites excluding steroid dienone is 2. The molecule has 1 spiro atoms. The van der Waals surface area contributed by atoms with Crippen molar-refractivity contribution < 1.29 is 9.53 Å². The summed E-state index contributed by atoms with van der Waals surface area (Å²) >= 11 is 0. The maximum Gasteiger partial charge on any atom is 0.155 e. The minimum Gasteiger partial charge on any atom is -0.368 e. The van der Waals surface area contributed by atoms with E-state index in [1.807, 2.05) is 6.08 Å². The van der Waals surface area contributed by atoms with Gasteiger partial charge in [-0.3, -0.25) is 10.1 Å². The summed E-state index contributed by atoms with van der Waals surface area (Å²) in [5, 5.41) is 3.68. The van der Waals surface area contributed by atoms with E-state index in [9.17, 15) is 4.79 Å². The molecule has 2 saturated carbocycles. The minimum atomic E-state index is -0.424. The van der Waals surface area contributed by atoms with Gasteiger partial charge < -0.3 is 16.2 Å². The smallest absolute Gasteiger partial charge is 0.155 e. The van der Waals surface area contributed by atoms with Crippen molar-refractivity contribution in [3.63, 3.8) is 0 Å². The molecule has 0 radical (unpaired) electrons. The van der Waals surface area contributed by atoms with Gasteiger partial charge in [0.05, 0.1) is 17.4 Å². The van der Waals surface area contributed by atoms with Gasteiger partial charge in [0.25, 0.3) is 0 Å². The third-order valence-electron chi connectivity index (χ3n) is 11.5. The molecular formula is C28H43N3O2. The molecular weight excluding hydrogens is 410 g/mol. The Bertz CT molecular complexity index is 957. The first-order valence-corrected chi connectivity index (χ1v) is 13.4. The molecule has 0 aromatic heterocycles. The number of fused-ring (bicyclic) bond motifs is 6. The van der Waals surface area contributed by atoms with Gasteiger partial charge in [-0.2, -0.15) is 0 Å². The highest BCUT2D eigenvalue weighted by Crippen LogP contribution is 2.65. The van der Waals surface area contributed by atoms with E-state index in [0.717, 1.165) is 57.9 Å². The van der Waals surface area contributed by atoms with Crippen LogP contribution in [0.1, 0.15) is 85.5 Å². The molecule has 5 heteroatoms. The van der Waals surface area contributed by atoms with Crippen molar-refractivity contribution in [2.24, 2.45) is 40.6 Å². The van der Waals surface area contributed by atoms with Crippen molar-refractivity contribution in [2.45, 2.75) is 108 Å². The van der Waals surface area contributed by atoms with Crippen LogP contribution < -0.4 is 16.8 Å². The Hall–Kier alpha value is -1.01. The van der Waals surface area contributed by atoms with Gasteiger partial charge >= 0.3 is 0 Å². The quantitative estimate of drug-likeness (QED) is 0.483. The van der Waals surface area contributed by atoms with E-state index in [2.05, 4.69) is 33.0 Å². The Morgan fingerprint density at radius 2 is 1.94 bits per heavy atom. The van der Waals surface area contributed by atoms with E-state index in [4.69, 9.17) is 16.2 Å². The summed E-state index contributed by atoms with van der Waals surface area (Å²) < 4.78 is 6.97. The van der Waals surface area contributed by atoms with E-state index >= 15 is 0 Å². The maximum atomic E-state index is 12.2. The molecule has 182 valence electrons. The van der Waals surface area contributed by atoms with Gasteiger partial charge in [-0.05, 0) is 94.1 Å². The monoisotopic (exact) mass is 453 g/mol. The molecule has 2 saturated heterocycles. The lowest BCUT2D eigenvalue weighted by molar-refractivity contribution is -0.116. The van der Waals surface area contributed by atoms with Crippen LogP contribution in [0.2, 0.25) is 0 Å². The SMILES string of the molecule is CC1=C2C[C@H]3[C@@](N)(CCC4=CC(=O)CC[C@@]43C)[C@@H]2CCC2(C1)O[C@@H]1C[C@H](C)CN[C@@]1(N)[C@H]2C. The van der Waals surface area contributed by atoms with Gasteiger partial charge in [0.15, 0.2) is 5.78 Å². The predicted octanol–water partition coefficient (Wildman–Crippen LogP) is 3.97. The number of hydrogen-bond donors (Lipinski definition) is 3. The van der Waals surface area contributed by atoms with Gasteiger partial charge in [-0.1, -0.05) is 37.5 Å². The third-order valence-corrected chi connectivity index (χ3v) is 11.5. The molecule has 6 rings (SSSR count). The van der Waals surface area contributed by atoms with Gasteiger partial charge in [-0.25, -0.2) is 0 Å². The van der Waals surface area contributed by atoms with Crippen molar-refractivity contribution in [1.82, 2.24) is 5.32 Å². The fraction of sp³-hybridized carbons (Fsp3) is 0.821. The normalized spacial score (nSPS) is 53.8. The summed E-state index contributed by atoms with van der Waals surface area (Å²) in [7, 11) is 0. The summed E-state index contributed by atoms with van der Waals surface area (Å²) in [6, 6.07) is 0. The fourth-order valence-corrected chi connectivity index (χ4v) is 9.30. The number of nitrogens with two attached hydrogens (primary N) is 2. The lowest BCUT2D eigenvalue weighted by atomic mass is 9.53. The molecule has 0 aromatic rings. The molecule has 4 fully saturated rings. The number of ketones is 1. The van der Waals surface area contributed by atoms with Crippen molar-refractivity contribution in [1.29, 1.82) is 0 Å². The van der Waals surface area contributed by atoms with E-state index in [0.29, 0.717) is 30.0 Å². The highest BCUT2D eigenvalue weighted by atomic mass is 16.5. The van der Waals surface area contributed by atoms with E-state index < -0.39 is 5.66 Å².